The van der Waals surface area contributed by atoms with Crippen molar-refractivity contribution in [2.45, 2.75) is 50.5 Å². The van der Waals surface area contributed by atoms with Crippen molar-refractivity contribution in [3.63, 3.8) is 0 Å². The lowest BCUT2D eigenvalue weighted by atomic mass is 9.61. The van der Waals surface area contributed by atoms with Crippen LogP contribution in [-0.2, 0) is 4.79 Å². The van der Waals surface area contributed by atoms with Gasteiger partial charge in [-0.1, -0.05) is 24.3 Å². The van der Waals surface area contributed by atoms with E-state index in [0.29, 0.717) is 40.1 Å². The minimum Gasteiger partial charge on any atom is -0.481 e. The Morgan fingerprint density at radius 2 is 1.78 bits per heavy atom. The van der Waals surface area contributed by atoms with Gasteiger partial charge in [0, 0.05) is 34.8 Å². The van der Waals surface area contributed by atoms with Gasteiger partial charge in [0.15, 0.2) is 5.82 Å². The number of carboxylic acid groups (broad SMARTS) is 1. The van der Waals surface area contributed by atoms with Gasteiger partial charge in [-0.15, -0.1) is 0 Å². The van der Waals surface area contributed by atoms with Gasteiger partial charge >= 0.3 is 5.97 Å². The minimum absolute atomic E-state index is 0.179. The molecule has 2 unspecified atom stereocenters. The van der Waals surface area contributed by atoms with E-state index in [1.54, 1.807) is 6.20 Å². The first-order valence-electron chi connectivity index (χ1n) is 13.2. The normalized spacial score (nSPS) is 24.9. The predicted octanol–water partition coefficient (Wildman–Crippen LogP) is 6.00. The molecule has 0 amide bonds. The maximum Gasteiger partial charge on any atom is 0.308 e. The zero-order chi connectivity index (χ0) is 25.1. The molecule has 3 heterocycles. The second-order valence-corrected chi connectivity index (χ2v) is 10.8. The number of hydrogen-bond acceptors (Lipinski definition) is 5. The molecule has 4 aliphatic rings. The van der Waals surface area contributed by atoms with Crippen molar-refractivity contribution >= 4 is 22.8 Å². The third-order valence-electron chi connectivity index (χ3n) is 8.54. The zero-order valence-corrected chi connectivity index (χ0v) is 20.3. The summed E-state index contributed by atoms with van der Waals surface area (Å²) in [6.45, 7) is 0. The first-order chi connectivity index (χ1) is 18.0. The third kappa shape index (κ3) is 3.95. The van der Waals surface area contributed by atoms with Gasteiger partial charge < -0.3 is 15.4 Å². The number of H-pyrrole nitrogens is 1. The van der Waals surface area contributed by atoms with Crippen molar-refractivity contribution in [3.05, 3.63) is 60.2 Å². The molecule has 2 atom stereocenters. The molecule has 7 nitrogen and oxygen atoms in total. The molecule has 8 rings (SSSR count). The summed E-state index contributed by atoms with van der Waals surface area (Å²) in [6.07, 6.45) is 9.30. The van der Waals surface area contributed by atoms with Crippen LogP contribution in [0.2, 0.25) is 0 Å². The SMILES string of the molecule is O=C(O)C1C2CCC(CC2)C1Nc1cc(-c2ccccc2C2CC2)nc(-c2c[nH]c3ncc(F)cc23)n1. The number of anilines is 1. The van der Waals surface area contributed by atoms with Gasteiger partial charge in [0.2, 0.25) is 0 Å². The van der Waals surface area contributed by atoms with Gasteiger partial charge in [-0.2, -0.15) is 0 Å². The Kier molecular flexibility index (Phi) is 5.23. The lowest BCUT2D eigenvalue weighted by molar-refractivity contribution is -0.148. The fourth-order valence-corrected chi connectivity index (χ4v) is 6.61. The number of fused-ring (bicyclic) bond motifs is 4. The number of nitrogens with zero attached hydrogens (tertiary/aromatic N) is 3. The van der Waals surface area contributed by atoms with Crippen LogP contribution in [0.15, 0.2) is 48.8 Å². The Morgan fingerprint density at radius 1 is 1.00 bits per heavy atom. The number of pyridine rings is 1. The first kappa shape index (κ1) is 22.4. The number of carboxylic acids is 1. The second-order valence-electron chi connectivity index (χ2n) is 10.8. The number of aromatic nitrogens is 4. The maximum atomic E-state index is 14.1. The summed E-state index contributed by atoms with van der Waals surface area (Å²) in [5, 5.41) is 14.2. The molecule has 0 radical (unpaired) electrons. The van der Waals surface area contributed by atoms with E-state index in [2.05, 4.69) is 33.5 Å². The Bertz CT molecular complexity index is 1510. The molecule has 0 saturated heterocycles. The molecule has 2 bridgehead atoms. The Labute approximate surface area is 213 Å². The van der Waals surface area contributed by atoms with Gasteiger partial charge in [0.05, 0.1) is 17.8 Å². The first-order valence-corrected chi connectivity index (χ1v) is 13.2. The third-order valence-corrected chi connectivity index (χ3v) is 8.54. The highest BCUT2D eigenvalue weighted by Crippen LogP contribution is 2.47. The molecule has 0 spiro atoms. The van der Waals surface area contributed by atoms with Gasteiger partial charge in [-0.3, -0.25) is 4.79 Å². The average Bonchev–Trinajstić information content (AvgIpc) is 3.68. The molecule has 0 aliphatic heterocycles. The van der Waals surface area contributed by atoms with Crippen LogP contribution in [0.25, 0.3) is 33.7 Å². The van der Waals surface area contributed by atoms with E-state index in [9.17, 15) is 14.3 Å². The minimum atomic E-state index is -0.737. The summed E-state index contributed by atoms with van der Waals surface area (Å²) in [4.78, 5) is 29.3. The largest absolute Gasteiger partial charge is 0.481 e. The van der Waals surface area contributed by atoms with Crippen LogP contribution in [0.5, 0.6) is 0 Å². The van der Waals surface area contributed by atoms with E-state index in [1.165, 1.54) is 30.7 Å². The Balaban J connectivity index is 1.36. The number of halogens is 1. The molecule has 37 heavy (non-hydrogen) atoms. The fourth-order valence-electron chi connectivity index (χ4n) is 6.61. The van der Waals surface area contributed by atoms with Crippen molar-refractivity contribution in [2.24, 2.45) is 17.8 Å². The van der Waals surface area contributed by atoms with E-state index in [4.69, 9.17) is 9.97 Å². The standard InChI is InChI=1S/C29H28FN5O2/c30-18-11-21-22(14-32-27(21)31-13-18)28-33-23(20-4-2-1-3-19(20)15-5-6-15)12-24(35-28)34-26-17-9-7-16(8-10-17)25(26)29(36)37/h1-4,11-17,25-26H,5-10H2,(H,31,32)(H,36,37)(H,33,34,35). The van der Waals surface area contributed by atoms with E-state index in [0.717, 1.165) is 36.9 Å². The van der Waals surface area contributed by atoms with Crippen molar-refractivity contribution in [2.75, 3.05) is 5.32 Å². The number of rotatable bonds is 6. The summed E-state index contributed by atoms with van der Waals surface area (Å²) in [5.74, 6) is 0.493. The molecule has 4 fully saturated rings. The van der Waals surface area contributed by atoms with Crippen LogP contribution in [0.3, 0.4) is 0 Å². The lowest BCUT2D eigenvalue weighted by Crippen LogP contribution is -2.51. The van der Waals surface area contributed by atoms with Crippen LogP contribution in [0.4, 0.5) is 10.2 Å². The molecule has 3 aromatic heterocycles. The molecule has 4 saturated carbocycles. The van der Waals surface area contributed by atoms with Crippen LogP contribution >= 0.6 is 0 Å². The number of benzene rings is 1. The number of aliphatic carboxylic acids is 1. The highest BCUT2D eigenvalue weighted by molar-refractivity contribution is 5.92. The zero-order valence-electron chi connectivity index (χ0n) is 20.3. The predicted molar refractivity (Wildman–Crippen MR) is 138 cm³/mol. The van der Waals surface area contributed by atoms with E-state index in [1.807, 2.05) is 12.1 Å². The quantitative estimate of drug-likeness (QED) is 0.302. The van der Waals surface area contributed by atoms with E-state index < -0.39 is 17.7 Å². The summed E-state index contributed by atoms with van der Waals surface area (Å²) < 4.78 is 14.1. The highest BCUT2D eigenvalue weighted by atomic mass is 19.1. The molecule has 4 aliphatic carbocycles. The van der Waals surface area contributed by atoms with E-state index >= 15 is 0 Å². The van der Waals surface area contributed by atoms with E-state index in [-0.39, 0.29) is 12.0 Å². The van der Waals surface area contributed by atoms with Crippen LogP contribution in [0, 0.1) is 23.6 Å². The summed E-state index contributed by atoms with van der Waals surface area (Å²) in [5.41, 5.74) is 4.33. The summed E-state index contributed by atoms with van der Waals surface area (Å²) in [7, 11) is 0. The molecule has 8 heteroatoms. The molecular weight excluding hydrogens is 469 g/mol. The Hall–Kier alpha value is -3.81. The maximum absolute atomic E-state index is 14.1. The molecular formula is C29H28FN5O2. The number of nitrogens with one attached hydrogen (secondary N) is 2. The fraction of sp³-hybridized carbons (Fsp3) is 0.379. The van der Waals surface area contributed by atoms with Crippen molar-refractivity contribution in [3.8, 4) is 22.6 Å². The van der Waals surface area contributed by atoms with Crippen molar-refractivity contribution in [1.29, 1.82) is 0 Å². The van der Waals surface area contributed by atoms with Crippen LogP contribution < -0.4 is 5.32 Å². The topological polar surface area (TPSA) is 104 Å². The molecule has 1 aromatic carbocycles. The van der Waals surface area contributed by atoms with Crippen molar-refractivity contribution in [1.82, 2.24) is 19.9 Å². The molecule has 4 aromatic rings. The van der Waals surface area contributed by atoms with Crippen molar-refractivity contribution < 1.29 is 14.3 Å². The number of hydrogen-bond donors (Lipinski definition) is 3. The summed E-state index contributed by atoms with van der Waals surface area (Å²) in [6, 6.07) is 11.5. The Morgan fingerprint density at radius 3 is 2.57 bits per heavy atom. The highest BCUT2D eigenvalue weighted by Gasteiger charge is 2.47. The van der Waals surface area contributed by atoms with Gasteiger partial charge in [-0.25, -0.2) is 19.3 Å². The van der Waals surface area contributed by atoms with Gasteiger partial charge in [0.25, 0.3) is 0 Å². The number of aromatic amines is 1. The summed E-state index contributed by atoms with van der Waals surface area (Å²) >= 11 is 0. The molecule has 3 N–H and O–H groups in total. The lowest BCUT2D eigenvalue weighted by Gasteiger charge is -2.47. The molecule has 188 valence electrons. The number of carbonyl (C=O) groups is 1. The second kappa shape index (κ2) is 8.64. The van der Waals surface area contributed by atoms with Gasteiger partial charge in [-0.05, 0) is 67.9 Å². The monoisotopic (exact) mass is 497 g/mol. The van der Waals surface area contributed by atoms with Crippen LogP contribution in [0.1, 0.15) is 50.0 Å². The van der Waals surface area contributed by atoms with Crippen LogP contribution in [-0.4, -0.2) is 37.1 Å². The van der Waals surface area contributed by atoms with Gasteiger partial charge in [0.1, 0.15) is 17.3 Å². The average molecular weight is 498 g/mol. The smallest absolute Gasteiger partial charge is 0.308 e.